The lowest BCUT2D eigenvalue weighted by atomic mass is 10.1. The first-order valence-electron chi connectivity index (χ1n) is 6.47. The number of imidazole rings is 1. The van der Waals surface area contributed by atoms with Gasteiger partial charge in [0.25, 0.3) is 0 Å². The molecule has 1 aliphatic rings. The van der Waals surface area contributed by atoms with Crippen LogP contribution in [0.3, 0.4) is 0 Å². The van der Waals surface area contributed by atoms with Gasteiger partial charge in [-0.25, -0.2) is 4.98 Å². The molecule has 1 N–H and O–H groups in total. The predicted octanol–water partition coefficient (Wildman–Crippen LogP) is 1.87. The number of anilines is 1. The van der Waals surface area contributed by atoms with Gasteiger partial charge < -0.3 is 4.57 Å². The van der Waals surface area contributed by atoms with Crippen LogP contribution in [0.2, 0.25) is 0 Å². The maximum absolute atomic E-state index is 12.0. The van der Waals surface area contributed by atoms with Crippen LogP contribution < -0.4 is 4.72 Å². The fourth-order valence-electron chi connectivity index (χ4n) is 2.07. The minimum atomic E-state index is -3.53. The van der Waals surface area contributed by atoms with Crippen molar-refractivity contribution in [1.29, 1.82) is 0 Å². The average molecular weight is 324 g/mol. The summed E-state index contributed by atoms with van der Waals surface area (Å²) in [5.74, 6) is 1.04. The summed E-state index contributed by atoms with van der Waals surface area (Å²) < 4.78 is 29.8. The summed E-state index contributed by atoms with van der Waals surface area (Å²) in [4.78, 5) is 4.57. The van der Waals surface area contributed by atoms with Crippen LogP contribution in [0, 0.1) is 0 Å². The Labute approximate surface area is 128 Å². The summed E-state index contributed by atoms with van der Waals surface area (Å²) in [6.07, 6.45) is 1.97. The molecular weight excluding hydrogens is 308 g/mol. The van der Waals surface area contributed by atoms with Gasteiger partial charge in [-0.1, -0.05) is 30.0 Å². The number of rotatable bonds is 4. The van der Waals surface area contributed by atoms with Gasteiger partial charge in [-0.2, -0.15) is 12.7 Å². The number of benzene rings is 1. The van der Waals surface area contributed by atoms with Crippen molar-refractivity contribution in [1.82, 2.24) is 13.9 Å². The summed E-state index contributed by atoms with van der Waals surface area (Å²) in [6, 6.07) is 7.29. The molecule has 1 aromatic carbocycles. The summed E-state index contributed by atoms with van der Waals surface area (Å²) in [5, 5.41) is 0.982. The van der Waals surface area contributed by atoms with Crippen molar-refractivity contribution in [3.63, 3.8) is 0 Å². The Hall–Kier alpha value is -1.51. The standard InChI is InChI=1S/C13H16N4O2S2/c1-16(2)21(18,19)15-11-6-4-3-5-10(11)12-9-17-7-8-20-13(17)14-12/h3-6,9,15H,7-8H2,1-2H3. The second-order valence-corrected chi connectivity index (χ2v) is 7.83. The lowest BCUT2D eigenvalue weighted by molar-refractivity contribution is 0.527. The molecule has 0 spiro atoms. The molecule has 21 heavy (non-hydrogen) atoms. The van der Waals surface area contributed by atoms with Crippen LogP contribution in [0.5, 0.6) is 0 Å². The number of aromatic nitrogens is 2. The molecule has 6 nitrogen and oxygen atoms in total. The van der Waals surface area contributed by atoms with E-state index in [2.05, 4.69) is 14.3 Å². The van der Waals surface area contributed by atoms with Gasteiger partial charge in [-0.3, -0.25) is 4.72 Å². The Morgan fingerprint density at radius 2 is 2.10 bits per heavy atom. The number of nitrogens with zero attached hydrogens (tertiary/aromatic N) is 3. The maximum atomic E-state index is 12.0. The molecular formula is C13H16N4O2S2. The molecule has 2 aromatic rings. The molecule has 0 saturated heterocycles. The van der Waals surface area contributed by atoms with E-state index < -0.39 is 10.2 Å². The Balaban J connectivity index is 2.00. The van der Waals surface area contributed by atoms with Gasteiger partial charge in [0.05, 0.1) is 11.4 Å². The second-order valence-electron chi connectivity index (χ2n) is 4.89. The van der Waals surface area contributed by atoms with Crippen molar-refractivity contribution >= 4 is 27.7 Å². The van der Waals surface area contributed by atoms with Crippen LogP contribution in [0.25, 0.3) is 11.3 Å². The highest BCUT2D eigenvalue weighted by Gasteiger charge is 2.19. The SMILES string of the molecule is CN(C)S(=O)(=O)Nc1ccccc1-c1cn2c(n1)SCC2. The zero-order chi connectivity index (χ0) is 15.0. The average Bonchev–Trinajstić information content (AvgIpc) is 2.99. The van der Waals surface area contributed by atoms with Crippen LogP contribution in [0.1, 0.15) is 0 Å². The Bertz CT molecular complexity index is 747. The number of aryl methyl sites for hydroxylation is 1. The normalized spacial score (nSPS) is 14.4. The Kier molecular flexibility index (Phi) is 3.68. The van der Waals surface area contributed by atoms with Crippen LogP contribution in [-0.4, -0.2) is 42.1 Å². The van der Waals surface area contributed by atoms with Crippen molar-refractivity contribution in [3.05, 3.63) is 30.5 Å². The molecule has 0 radical (unpaired) electrons. The molecule has 8 heteroatoms. The van der Waals surface area contributed by atoms with Gasteiger partial charge >= 0.3 is 10.2 Å². The first-order valence-corrected chi connectivity index (χ1v) is 8.89. The van der Waals surface area contributed by atoms with E-state index in [1.807, 2.05) is 18.3 Å². The molecule has 3 rings (SSSR count). The molecule has 112 valence electrons. The van der Waals surface area contributed by atoms with E-state index in [4.69, 9.17) is 0 Å². The van der Waals surface area contributed by atoms with Crippen LogP contribution in [0.15, 0.2) is 35.6 Å². The van der Waals surface area contributed by atoms with Crippen LogP contribution in [0.4, 0.5) is 5.69 Å². The minimum Gasteiger partial charge on any atom is -0.325 e. The zero-order valence-corrected chi connectivity index (χ0v) is 13.4. The lowest BCUT2D eigenvalue weighted by Crippen LogP contribution is -2.29. The highest BCUT2D eigenvalue weighted by molar-refractivity contribution is 7.99. The number of hydrogen-bond donors (Lipinski definition) is 1. The number of nitrogens with one attached hydrogen (secondary N) is 1. The molecule has 0 bridgehead atoms. The van der Waals surface area contributed by atoms with Crippen molar-refractivity contribution in [3.8, 4) is 11.3 Å². The highest BCUT2D eigenvalue weighted by atomic mass is 32.2. The van der Waals surface area contributed by atoms with Gasteiger partial charge in [0, 0.05) is 38.2 Å². The third-order valence-corrected chi connectivity index (χ3v) is 5.64. The number of thioether (sulfide) groups is 1. The summed E-state index contributed by atoms with van der Waals surface area (Å²) >= 11 is 1.71. The van der Waals surface area contributed by atoms with E-state index >= 15 is 0 Å². The van der Waals surface area contributed by atoms with E-state index in [1.54, 1.807) is 23.9 Å². The molecule has 0 atom stereocenters. The molecule has 1 aromatic heterocycles. The maximum Gasteiger partial charge on any atom is 0.301 e. The third-order valence-electron chi connectivity index (χ3n) is 3.23. The van der Waals surface area contributed by atoms with Crippen molar-refractivity contribution in [2.24, 2.45) is 0 Å². The summed E-state index contributed by atoms with van der Waals surface area (Å²) in [7, 11) is -0.547. The smallest absolute Gasteiger partial charge is 0.301 e. The lowest BCUT2D eigenvalue weighted by Gasteiger charge is -2.15. The quantitative estimate of drug-likeness (QED) is 0.932. The molecule has 0 fully saturated rings. The van der Waals surface area contributed by atoms with Crippen molar-refractivity contribution in [2.45, 2.75) is 11.7 Å². The predicted molar refractivity (Wildman–Crippen MR) is 84.6 cm³/mol. The van der Waals surface area contributed by atoms with Gasteiger partial charge in [0.1, 0.15) is 0 Å². The molecule has 2 heterocycles. The van der Waals surface area contributed by atoms with Crippen molar-refractivity contribution in [2.75, 3.05) is 24.6 Å². The fraction of sp³-hybridized carbons (Fsp3) is 0.308. The summed E-state index contributed by atoms with van der Waals surface area (Å²) in [6.45, 7) is 0.943. The molecule has 0 aliphatic carbocycles. The van der Waals surface area contributed by atoms with Gasteiger partial charge in [0.2, 0.25) is 0 Å². The number of fused-ring (bicyclic) bond motifs is 1. The molecule has 0 amide bonds. The van der Waals surface area contributed by atoms with Gasteiger partial charge in [-0.05, 0) is 6.07 Å². The second kappa shape index (κ2) is 5.36. The van der Waals surface area contributed by atoms with E-state index in [0.717, 1.165) is 33.0 Å². The molecule has 1 aliphatic heterocycles. The summed E-state index contributed by atoms with van der Waals surface area (Å²) in [5.41, 5.74) is 2.10. The Morgan fingerprint density at radius 1 is 1.33 bits per heavy atom. The fourth-order valence-corrected chi connectivity index (χ4v) is 3.65. The Morgan fingerprint density at radius 3 is 2.81 bits per heavy atom. The first-order chi connectivity index (χ1) is 9.97. The number of para-hydroxylation sites is 1. The largest absolute Gasteiger partial charge is 0.325 e. The minimum absolute atomic E-state index is 0.535. The first kappa shape index (κ1) is 14.4. The van der Waals surface area contributed by atoms with E-state index in [1.165, 1.54) is 14.1 Å². The number of hydrogen-bond acceptors (Lipinski definition) is 4. The topological polar surface area (TPSA) is 67.2 Å². The van der Waals surface area contributed by atoms with E-state index in [0.29, 0.717) is 5.69 Å². The van der Waals surface area contributed by atoms with Crippen molar-refractivity contribution < 1.29 is 8.42 Å². The third kappa shape index (κ3) is 2.78. The van der Waals surface area contributed by atoms with Gasteiger partial charge in [-0.15, -0.1) is 0 Å². The molecule has 0 unspecified atom stereocenters. The molecule has 0 saturated carbocycles. The van der Waals surface area contributed by atoms with E-state index in [9.17, 15) is 8.42 Å². The zero-order valence-electron chi connectivity index (χ0n) is 11.8. The van der Waals surface area contributed by atoms with Crippen LogP contribution >= 0.6 is 11.8 Å². The van der Waals surface area contributed by atoms with Crippen LogP contribution in [-0.2, 0) is 16.8 Å². The van der Waals surface area contributed by atoms with E-state index in [-0.39, 0.29) is 0 Å². The highest BCUT2D eigenvalue weighted by Crippen LogP contribution is 2.32. The monoisotopic (exact) mass is 324 g/mol. The van der Waals surface area contributed by atoms with Gasteiger partial charge in [0.15, 0.2) is 5.16 Å².